The molecule has 0 aromatic carbocycles. The van der Waals surface area contributed by atoms with Crippen molar-refractivity contribution >= 4 is 19.8 Å². The summed E-state index contributed by atoms with van der Waals surface area (Å²) in [7, 11) is -1.05. The lowest BCUT2D eigenvalue weighted by Gasteiger charge is -2.24. The van der Waals surface area contributed by atoms with E-state index in [1.165, 1.54) is 32.1 Å². The molecule has 0 atom stereocenters. The van der Waals surface area contributed by atoms with E-state index in [1.54, 1.807) is 4.53 Å². The highest BCUT2D eigenvalue weighted by Gasteiger charge is 2.21. The van der Waals surface area contributed by atoms with Crippen LogP contribution >= 0.6 is 11.8 Å². The first-order chi connectivity index (χ1) is 6.54. The van der Waals surface area contributed by atoms with Crippen molar-refractivity contribution in [3.63, 3.8) is 0 Å². The molecule has 0 aromatic heterocycles. The molecule has 1 fully saturated rings. The summed E-state index contributed by atoms with van der Waals surface area (Å²) in [5.74, 6) is 0.901. The number of rotatable bonds is 3. The van der Waals surface area contributed by atoms with E-state index in [1.807, 2.05) is 11.8 Å². The second-order valence-electron chi connectivity index (χ2n) is 5.38. The van der Waals surface area contributed by atoms with Crippen LogP contribution in [0.2, 0.25) is 19.6 Å². The van der Waals surface area contributed by atoms with Gasteiger partial charge >= 0.3 is 0 Å². The molecule has 0 spiro atoms. The van der Waals surface area contributed by atoms with Crippen molar-refractivity contribution in [1.82, 2.24) is 0 Å². The monoisotopic (exact) mass is 228 g/mol. The second kappa shape index (κ2) is 5.41. The van der Waals surface area contributed by atoms with Crippen LogP contribution in [0.3, 0.4) is 0 Å². The first-order valence-electron chi connectivity index (χ1n) is 5.80. The minimum atomic E-state index is -1.05. The largest absolute Gasteiger partial charge is 0.139 e. The first-order valence-corrected chi connectivity index (χ1v) is 10.5. The van der Waals surface area contributed by atoms with Crippen LogP contribution in [0.4, 0.5) is 0 Å². The third kappa shape index (κ3) is 3.82. The molecule has 0 aromatic rings. The second-order valence-corrected chi connectivity index (χ2v) is 11.6. The van der Waals surface area contributed by atoms with Crippen LogP contribution in [0.1, 0.15) is 32.1 Å². The molecule has 14 heavy (non-hydrogen) atoms. The van der Waals surface area contributed by atoms with Crippen LogP contribution in [0.25, 0.3) is 0 Å². The van der Waals surface area contributed by atoms with Gasteiger partial charge in [0.2, 0.25) is 0 Å². The third-order valence-corrected chi connectivity index (χ3v) is 7.67. The van der Waals surface area contributed by atoms with Gasteiger partial charge in [0.25, 0.3) is 0 Å². The molecule has 0 amide bonds. The summed E-state index contributed by atoms with van der Waals surface area (Å²) in [4.78, 5) is 0. The Morgan fingerprint density at radius 1 is 1.14 bits per heavy atom. The highest BCUT2D eigenvalue weighted by molar-refractivity contribution is 8.04. The highest BCUT2D eigenvalue weighted by Crippen LogP contribution is 2.31. The lowest BCUT2D eigenvalue weighted by atomic mass is 9.90. The fraction of sp³-hybridized carbons (Fsp3) is 0.833. The van der Waals surface area contributed by atoms with Gasteiger partial charge in [-0.25, -0.2) is 0 Å². The fourth-order valence-electron chi connectivity index (χ4n) is 2.14. The lowest BCUT2D eigenvalue weighted by Crippen LogP contribution is -2.23. The van der Waals surface area contributed by atoms with Crippen molar-refractivity contribution in [3.05, 3.63) is 10.6 Å². The van der Waals surface area contributed by atoms with Crippen LogP contribution in [-0.2, 0) is 0 Å². The molecule has 0 unspecified atom stereocenters. The van der Waals surface area contributed by atoms with Gasteiger partial charge < -0.3 is 0 Å². The summed E-state index contributed by atoms with van der Waals surface area (Å²) in [6, 6.07) is 0. The van der Waals surface area contributed by atoms with Gasteiger partial charge in [-0.1, -0.05) is 45.0 Å². The Hall–Kier alpha value is 0.307. The molecule has 1 rings (SSSR count). The van der Waals surface area contributed by atoms with Crippen LogP contribution in [-0.4, -0.2) is 14.3 Å². The number of hydrogen-bond acceptors (Lipinski definition) is 1. The zero-order valence-corrected chi connectivity index (χ0v) is 11.9. The Labute approximate surface area is 94.6 Å². The zero-order chi connectivity index (χ0) is 10.6. The Kier molecular flexibility index (Phi) is 4.78. The van der Waals surface area contributed by atoms with Crippen molar-refractivity contribution in [3.8, 4) is 0 Å². The molecule has 0 radical (unpaired) electrons. The van der Waals surface area contributed by atoms with E-state index >= 15 is 0 Å². The summed E-state index contributed by atoms with van der Waals surface area (Å²) in [5.41, 5.74) is 0. The van der Waals surface area contributed by atoms with Crippen LogP contribution in [0.5, 0.6) is 0 Å². The SMILES string of the molecule is CS/C(=C/C1CCCCC1)[Si](C)(C)C. The molecule has 1 aliphatic rings. The van der Waals surface area contributed by atoms with Crippen molar-refractivity contribution in [2.75, 3.05) is 6.26 Å². The number of hydrogen-bond donors (Lipinski definition) is 0. The Balaban J connectivity index is 2.62. The molecule has 2 heteroatoms. The molecule has 82 valence electrons. The van der Waals surface area contributed by atoms with Crippen LogP contribution < -0.4 is 0 Å². The summed E-state index contributed by atoms with van der Waals surface area (Å²) in [6.07, 6.45) is 12.1. The zero-order valence-electron chi connectivity index (χ0n) is 10.1. The van der Waals surface area contributed by atoms with E-state index in [0.29, 0.717) is 0 Å². The predicted octanol–water partition coefficient (Wildman–Crippen LogP) is 4.69. The van der Waals surface area contributed by atoms with Gasteiger partial charge in [0, 0.05) is 0 Å². The molecule has 0 N–H and O–H groups in total. The summed E-state index contributed by atoms with van der Waals surface area (Å²) in [6.45, 7) is 7.37. The van der Waals surface area contributed by atoms with Crippen LogP contribution in [0, 0.1) is 5.92 Å². The van der Waals surface area contributed by atoms with Gasteiger partial charge in [0.15, 0.2) is 0 Å². The van der Waals surface area contributed by atoms with E-state index in [-0.39, 0.29) is 0 Å². The number of allylic oxidation sites excluding steroid dienone is 1. The van der Waals surface area contributed by atoms with Gasteiger partial charge in [-0.2, -0.15) is 0 Å². The smallest absolute Gasteiger partial charge is 0.0853 e. The summed E-state index contributed by atoms with van der Waals surface area (Å²) < 4.78 is 1.71. The average molecular weight is 228 g/mol. The molecule has 0 saturated heterocycles. The molecule has 1 aliphatic carbocycles. The molecule has 0 bridgehead atoms. The number of thioether (sulfide) groups is 1. The molecule has 0 aliphatic heterocycles. The average Bonchev–Trinajstić information content (AvgIpc) is 2.14. The van der Waals surface area contributed by atoms with Gasteiger partial charge in [0.05, 0.1) is 8.07 Å². The molecule has 1 saturated carbocycles. The van der Waals surface area contributed by atoms with Crippen molar-refractivity contribution in [1.29, 1.82) is 0 Å². The molecular weight excluding hydrogens is 204 g/mol. The van der Waals surface area contributed by atoms with E-state index in [9.17, 15) is 0 Å². The van der Waals surface area contributed by atoms with E-state index < -0.39 is 8.07 Å². The van der Waals surface area contributed by atoms with Crippen molar-refractivity contribution < 1.29 is 0 Å². The van der Waals surface area contributed by atoms with E-state index in [2.05, 4.69) is 32.0 Å². The van der Waals surface area contributed by atoms with Gasteiger partial charge in [-0.3, -0.25) is 0 Å². The van der Waals surface area contributed by atoms with E-state index in [0.717, 1.165) is 5.92 Å². The third-order valence-electron chi connectivity index (χ3n) is 3.00. The van der Waals surface area contributed by atoms with Crippen molar-refractivity contribution in [2.24, 2.45) is 5.92 Å². The maximum absolute atomic E-state index is 2.61. The quantitative estimate of drug-likeness (QED) is 0.631. The summed E-state index contributed by atoms with van der Waals surface area (Å²) >= 11 is 1.99. The molecule has 0 heterocycles. The van der Waals surface area contributed by atoms with Gasteiger partial charge in [-0.15, -0.1) is 11.8 Å². The highest BCUT2D eigenvalue weighted by atomic mass is 32.2. The Bertz CT molecular complexity index is 197. The first kappa shape index (κ1) is 12.4. The summed E-state index contributed by atoms with van der Waals surface area (Å²) in [5, 5.41) is 0. The van der Waals surface area contributed by atoms with Gasteiger partial charge in [0.1, 0.15) is 0 Å². The topological polar surface area (TPSA) is 0 Å². The normalized spacial score (nSPS) is 21.3. The fourth-order valence-corrected chi connectivity index (χ4v) is 5.65. The van der Waals surface area contributed by atoms with E-state index in [4.69, 9.17) is 0 Å². The molecular formula is C12H24SSi. The van der Waals surface area contributed by atoms with Crippen LogP contribution in [0.15, 0.2) is 10.6 Å². The molecule has 0 nitrogen and oxygen atoms in total. The predicted molar refractivity (Wildman–Crippen MR) is 71.5 cm³/mol. The Morgan fingerprint density at radius 2 is 1.71 bits per heavy atom. The van der Waals surface area contributed by atoms with Crippen molar-refractivity contribution in [2.45, 2.75) is 51.7 Å². The lowest BCUT2D eigenvalue weighted by molar-refractivity contribution is 0.419. The standard InChI is InChI=1S/C12H24SSi/c1-13-12(14(2,3)4)10-11-8-6-5-7-9-11/h10-11H,5-9H2,1-4H3/b12-10-. The minimum Gasteiger partial charge on any atom is -0.139 e. The van der Waals surface area contributed by atoms with Gasteiger partial charge in [-0.05, 0) is 29.5 Å². The maximum Gasteiger partial charge on any atom is 0.0853 e. The maximum atomic E-state index is 2.61. The Morgan fingerprint density at radius 3 is 2.14 bits per heavy atom. The minimum absolute atomic E-state index is 0.901.